The molecule has 0 aliphatic carbocycles. The van der Waals surface area contributed by atoms with Crippen LogP contribution < -0.4 is 0 Å². The van der Waals surface area contributed by atoms with E-state index in [1.807, 2.05) is 19.7 Å². The van der Waals surface area contributed by atoms with Gasteiger partial charge >= 0.3 is 0 Å². The van der Waals surface area contributed by atoms with Crippen molar-refractivity contribution in [3.63, 3.8) is 0 Å². The summed E-state index contributed by atoms with van der Waals surface area (Å²) >= 11 is 2.94. The lowest BCUT2D eigenvalue weighted by Gasteiger charge is -2.25. The molecule has 4 N–H and O–H groups in total. The Hall–Kier alpha value is -1.50. The number of ether oxygens (including phenoxy) is 2. The topological polar surface area (TPSA) is 174 Å². The molecule has 0 saturated carbocycles. The van der Waals surface area contributed by atoms with Crippen molar-refractivity contribution in [3.05, 3.63) is 60.7 Å². The van der Waals surface area contributed by atoms with Gasteiger partial charge in [0.05, 0.1) is 23.0 Å². The van der Waals surface area contributed by atoms with Crippen LogP contribution in [0, 0.1) is 0 Å². The van der Waals surface area contributed by atoms with E-state index in [2.05, 4.69) is 15.9 Å². The number of β-amino-alcohol motifs (C(OH)–C–C–N with tert-alkyl or cyclic N) is 2. The van der Waals surface area contributed by atoms with Crippen molar-refractivity contribution in [3.8, 4) is 0 Å². The molecule has 2 aromatic rings. The number of alkyl halides is 1. The highest BCUT2D eigenvalue weighted by Gasteiger charge is 2.50. The molecule has 2 aliphatic heterocycles. The maximum Gasteiger partial charge on any atom is 0.243 e. The maximum atomic E-state index is 12.4. The van der Waals surface area contributed by atoms with Crippen molar-refractivity contribution >= 4 is 36.0 Å². The van der Waals surface area contributed by atoms with Crippen LogP contribution in [0.3, 0.4) is 0 Å². The fourth-order valence-corrected chi connectivity index (χ4v) is 7.44. The maximum absolute atomic E-state index is 12.4. The van der Waals surface area contributed by atoms with E-state index in [1.54, 1.807) is 36.4 Å². The Morgan fingerprint density at radius 2 is 1.00 bits per heavy atom. The molecule has 42 heavy (non-hydrogen) atoms. The van der Waals surface area contributed by atoms with E-state index in [0.29, 0.717) is 0 Å². The van der Waals surface area contributed by atoms with Crippen molar-refractivity contribution in [2.45, 2.75) is 47.0 Å². The predicted octanol–water partition coefficient (Wildman–Crippen LogP) is 0.896. The zero-order chi connectivity index (χ0) is 32.2. The molecule has 0 unspecified atom stereocenters. The third-order valence-corrected chi connectivity index (χ3v) is 10.4. The van der Waals surface area contributed by atoms with Crippen LogP contribution in [-0.4, -0.2) is 129 Å². The van der Waals surface area contributed by atoms with Gasteiger partial charge in [0, 0.05) is 40.4 Å². The zero-order valence-corrected chi connectivity index (χ0v) is 27.7. The number of hydrogen-bond acceptors (Lipinski definition) is 10. The summed E-state index contributed by atoms with van der Waals surface area (Å²) < 4.78 is 61.9. The summed E-state index contributed by atoms with van der Waals surface area (Å²) in [4.78, 5) is 0.319. The molecule has 0 aromatic heterocycles. The molecule has 0 amide bonds. The molecular formula is C27H43BrN2O10S2. The first-order valence-corrected chi connectivity index (χ1v) is 17.5. The molecule has 12 nitrogen and oxygen atoms in total. The SMILES string of the molecule is CBr.CC.CO[C@H]1CN(S(=O)(=O)c2ccccc2)C[C@@]1(O)CO.CO[C@H]1CN(S(=O)(=O)c2ccccc2)C[C@@]1(O)CO. The molecule has 15 heteroatoms. The molecule has 4 rings (SSSR count). The number of halogens is 1. The van der Waals surface area contributed by atoms with Crippen LogP contribution in [0.4, 0.5) is 0 Å². The monoisotopic (exact) mass is 698 g/mol. The summed E-state index contributed by atoms with van der Waals surface area (Å²) in [6, 6.07) is 16.0. The van der Waals surface area contributed by atoms with Crippen LogP contribution in [-0.2, 0) is 29.5 Å². The molecule has 2 aromatic carbocycles. The molecule has 2 aliphatic rings. The van der Waals surface area contributed by atoms with Gasteiger partial charge in [0.2, 0.25) is 20.0 Å². The van der Waals surface area contributed by atoms with Gasteiger partial charge in [-0.1, -0.05) is 66.2 Å². The molecule has 0 radical (unpaired) electrons. The van der Waals surface area contributed by atoms with Gasteiger partial charge in [-0.15, -0.1) is 0 Å². The molecule has 2 saturated heterocycles. The van der Waals surface area contributed by atoms with Crippen LogP contribution in [0.1, 0.15) is 13.8 Å². The Balaban J connectivity index is 0.000000376. The molecule has 0 bridgehead atoms. The average molecular weight is 700 g/mol. The van der Waals surface area contributed by atoms with Gasteiger partial charge in [-0.2, -0.15) is 8.61 Å². The van der Waals surface area contributed by atoms with E-state index in [4.69, 9.17) is 9.47 Å². The molecule has 240 valence electrons. The summed E-state index contributed by atoms with van der Waals surface area (Å²) in [5.74, 6) is 1.81. The second kappa shape index (κ2) is 17.1. The Kier molecular flexibility index (Phi) is 15.7. The van der Waals surface area contributed by atoms with E-state index >= 15 is 0 Å². The molecule has 2 fully saturated rings. The Labute approximate surface area is 257 Å². The number of aliphatic hydroxyl groups excluding tert-OH is 2. The van der Waals surface area contributed by atoms with Crippen molar-refractivity contribution < 1.29 is 46.7 Å². The molecule has 4 atom stereocenters. The quantitative estimate of drug-likeness (QED) is 0.290. The first-order valence-electron chi connectivity index (χ1n) is 13.1. The highest BCUT2D eigenvalue weighted by atomic mass is 79.9. The van der Waals surface area contributed by atoms with Crippen LogP contribution in [0.2, 0.25) is 0 Å². The van der Waals surface area contributed by atoms with E-state index in [-0.39, 0.29) is 36.0 Å². The predicted molar refractivity (Wildman–Crippen MR) is 162 cm³/mol. The zero-order valence-electron chi connectivity index (χ0n) is 24.5. The van der Waals surface area contributed by atoms with Crippen LogP contribution >= 0.6 is 15.9 Å². The minimum absolute atomic E-state index is 0.0186. The van der Waals surface area contributed by atoms with E-state index < -0.39 is 56.7 Å². The Morgan fingerprint density at radius 1 is 0.714 bits per heavy atom. The molecule has 2 heterocycles. The van der Waals surface area contributed by atoms with E-state index in [1.165, 1.54) is 38.5 Å². The summed E-state index contributed by atoms with van der Waals surface area (Å²) in [5, 5.41) is 38.8. The second-order valence-corrected chi connectivity index (χ2v) is 13.1. The lowest BCUT2D eigenvalue weighted by Crippen LogP contribution is -2.46. The number of nitrogens with zero attached hydrogens (tertiary/aromatic N) is 2. The van der Waals surface area contributed by atoms with Gasteiger partial charge in [-0.05, 0) is 30.1 Å². The second-order valence-electron chi connectivity index (χ2n) is 9.19. The standard InChI is InChI=1S/2C12H17NO5S.C2H6.CH3Br/c2*1-18-11-7-13(8-12(11,15)9-14)19(16,17)10-5-3-2-4-6-10;2*1-2/h2*2-6,11,14-15H,7-9H2,1H3;1-2H3;1H3/t2*11-,12+;;/m00../s1. The summed E-state index contributed by atoms with van der Waals surface area (Å²) in [7, 11) is -4.60. The Morgan fingerprint density at radius 3 is 1.21 bits per heavy atom. The molecule has 0 spiro atoms. The number of methoxy groups -OCH3 is 2. The lowest BCUT2D eigenvalue weighted by atomic mass is 10.0. The van der Waals surface area contributed by atoms with Gasteiger partial charge < -0.3 is 29.9 Å². The third-order valence-electron chi connectivity index (χ3n) is 6.72. The highest BCUT2D eigenvalue weighted by molar-refractivity contribution is 9.08. The van der Waals surface area contributed by atoms with Gasteiger partial charge in [0.15, 0.2) is 0 Å². The highest BCUT2D eigenvalue weighted by Crippen LogP contribution is 2.30. The lowest BCUT2D eigenvalue weighted by molar-refractivity contribution is -0.0890. The normalized spacial score (nSPS) is 26.2. The third kappa shape index (κ3) is 8.79. The smallest absolute Gasteiger partial charge is 0.243 e. The van der Waals surface area contributed by atoms with E-state index in [0.717, 1.165) is 8.61 Å². The van der Waals surface area contributed by atoms with Crippen molar-refractivity contribution in [2.75, 3.05) is 59.4 Å². The fraction of sp³-hybridized carbons (Fsp3) is 0.556. The van der Waals surface area contributed by atoms with Crippen LogP contribution in [0.5, 0.6) is 0 Å². The summed E-state index contributed by atoms with van der Waals surface area (Å²) in [6.07, 6.45) is -1.48. The molecular weight excluding hydrogens is 656 g/mol. The van der Waals surface area contributed by atoms with E-state index in [9.17, 15) is 37.3 Å². The fourth-order valence-electron chi connectivity index (χ4n) is 4.39. The van der Waals surface area contributed by atoms with Crippen molar-refractivity contribution in [2.24, 2.45) is 0 Å². The number of sulfonamides is 2. The van der Waals surface area contributed by atoms with Crippen LogP contribution in [0.25, 0.3) is 0 Å². The van der Waals surface area contributed by atoms with Crippen molar-refractivity contribution in [1.29, 1.82) is 0 Å². The van der Waals surface area contributed by atoms with Gasteiger partial charge in [0.25, 0.3) is 0 Å². The van der Waals surface area contributed by atoms with Crippen LogP contribution in [0.15, 0.2) is 70.5 Å². The minimum atomic E-state index is -3.68. The number of aliphatic hydroxyl groups is 4. The minimum Gasteiger partial charge on any atom is -0.393 e. The van der Waals surface area contributed by atoms with Gasteiger partial charge in [0.1, 0.15) is 23.4 Å². The average Bonchev–Trinajstić information content (AvgIpc) is 3.58. The number of hydrogen-bond donors (Lipinski definition) is 4. The number of rotatable bonds is 8. The Bertz CT molecular complexity index is 1170. The largest absolute Gasteiger partial charge is 0.393 e. The summed E-state index contributed by atoms with van der Waals surface area (Å²) in [5.41, 5.74) is -3.12. The van der Waals surface area contributed by atoms with Gasteiger partial charge in [-0.25, -0.2) is 16.8 Å². The van der Waals surface area contributed by atoms with Crippen molar-refractivity contribution in [1.82, 2.24) is 8.61 Å². The summed E-state index contributed by atoms with van der Waals surface area (Å²) in [6.45, 7) is 2.58. The first kappa shape index (κ1) is 38.5. The van der Waals surface area contributed by atoms with Gasteiger partial charge in [-0.3, -0.25) is 0 Å². The first-order chi connectivity index (χ1) is 19.9. The number of benzene rings is 2.